The first-order valence-electron chi connectivity index (χ1n) is 6.49. The molecule has 2 heterocycles. The Morgan fingerprint density at radius 3 is 2.78 bits per heavy atom. The van der Waals surface area contributed by atoms with Gasteiger partial charge in [-0.1, -0.05) is 19.9 Å². The van der Waals surface area contributed by atoms with E-state index < -0.39 is 0 Å². The predicted molar refractivity (Wildman–Crippen MR) is 78.2 cm³/mol. The van der Waals surface area contributed by atoms with Crippen molar-refractivity contribution in [2.75, 3.05) is 6.54 Å². The lowest BCUT2D eigenvalue weighted by molar-refractivity contribution is 0.616. The molecule has 0 amide bonds. The summed E-state index contributed by atoms with van der Waals surface area (Å²) in [5.74, 6) is 0. The first kappa shape index (κ1) is 13.2. The molecule has 0 radical (unpaired) electrons. The second-order valence-electron chi connectivity index (χ2n) is 4.36. The number of nitrogens with one attached hydrogen (secondary N) is 1. The van der Waals surface area contributed by atoms with Crippen molar-refractivity contribution >= 4 is 11.3 Å². The Labute approximate surface area is 113 Å². The quantitative estimate of drug-likeness (QED) is 0.886. The number of aryl methyl sites for hydroxylation is 2. The van der Waals surface area contributed by atoms with Gasteiger partial charge in [-0.15, -0.1) is 11.3 Å². The Kier molecular flexibility index (Phi) is 4.50. The monoisotopic (exact) mass is 260 g/mol. The van der Waals surface area contributed by atoms with Gasteiger partial charge < -0.3 is 5.32 Å². The minimum Gasteiger partial charge on any atom is -0.305 e. The fourth-order valence-corrected chi connectivity index (χ4v) is 3.21. The molecule has 1 atom stereocenters. The largest absolute Gasteiger partial charge is 0.305 e. The molecular formula is C15H20N2S. The standard InChI is InChI=1S/C15H20N2S/c1-4-12-7-6-9-17-13(12)14(16-5-2)15-11(3)8-10-18-15/h6-10,14,16H,4-5H2,1-3H3. The van der Waals surface area contributed by atoms with Gasteiger partial charge in [0.2, 0.25) is 0 Å². The molecule has 0 saturated carbocycles. The van der Waals surface area contributed by atoms with Crippen LogP contribution in [-0.2, 0) is 6.42 Å². The minimum atomic E-state index is 0.228. The van der Waals surface area contributed by atoms with Crippen molar-refractivity contribution in [3.63, 3.8) is 0 Å². The summed E-state index contributed by atoms with van der Waals surface area (Å²) in [5, 5.41) is 5.72. The predicted octanol–water partition coefficient (Wildman–Crippen LogP) is 3.71. The van der Waals surface area contributed by atoms with Crippen LogP contribution < -0.4 is 5.32 Å². The summed E-state index contributed by atoms with van der Waals surface area (Å²) in [5.41, 5.74) is 3.85. The van der Waals surface area contributed by atoms with E-state index in [1.807, 2.05) is 23.6 Å². The zero-order valence-electron chi connectivity index (χ0n) is 11.2. The number of thiophene rings is 1. The van der Waals surface area contributed by atoms with Crippen molar-refractivity contribution in [2.45, 2.75) is 33.2 Å². The van der Waals surface area contributed by atoms with Crippen LogP contribution in [0.5, 0.6) is 0 Å². The van der Waals surface area contributed by atoms with Crippen LogP contribution in [0.2, 0.25) is 0 Å². The summed E-state index contributed by atoms with van der Waals surface area (Å²) >= 11 is 1.81. The molecule has 0 aliphatic carbocycles. The van der Waals surface area contributed by atoms with Crippen LogP contribution in [0.3, 0.4) is 0 Å². The van der Waals surface area contributed by atoms with Gasteiger partial charge in [0.05, 0.1) is 11.7 Å². The van der Waals surface area contributed by atoms with E-state index in [4.69, 9.17) is 0 Å². The van der Waals surface area contributed by atoms with E-state index >= 15 is 0 Å². The van der Waals surface area contributed by atoms with E-state index in [1.54, 1.807) is 0 Å². The van der Waals surface area contributed by atoms with E-state index in [2.05, 4.69) is 48.6 Å². The third-order valence-electron chi connectivity index (χ3n) is 3.15. The molecular weight excluding hydrogens is 240 g/mol. The molecule has 18 heavy (non-hydrogen) atoms. The van der Waals surface area contributed by atoms with Crippen LogP contribution in [0, 0.1) is 6.92 Å². The fourth-order valence-electron chi connectivity index (χ4n) is 2.21. The second kappa shape index (κ2) is 6.12. The van der Waals surface area contributed by atoms with Crippen LogP contribution in [0.25, 0.3) is 0 Å². The molecule has 2 rings (SSSR count). The van der Waals surface area contributed by atoms with Gasteiger partial charge in [0.25, 0.3) is 0 Å². The molecule has 0 aromatic carbocycles. The van der Waals surface area contributed by atoms with Crippen molar-refractivity contribution in [2.24, 2.45) is 0 Å². The van der Waals surface area contributed by atoms with Gasteiger partial charge in [-0.2, -0.15) is 0 Å². The van der Waals surface area contributed by atoms with E-state index in [1.165, 1.54) is 21.7 Å². The molecule has 1 unspecified atom stereocenters. The Bertz CT molecular complexity index is 505. The fraction of sp³-hybridized carbons (Fsp3) is 0.400. The highest BCUT2D eigenvalue weighted by Crippen LogP contribution is 2.30. The number of hydrogen-bond donors (Lipinski definition) is 1. The van der Waals surface area contributed by atoms with Gasteiger partial charge in [-0.25, -0.2) is 0 Å². The smallest absolute Gasteiger partial charge is 0.0850 e. The van der Waals surface area contributed by atoms with Crippen LogP contribution >= 0.6 is 11.3 Å². The highest BCUT2D eigenvalue weighted by Gasteiger charge is 2.19. The molecule has 1 N–H and O–H groups in total. The summed E-state index contributed by atoms with van der Waals surface area (Å²) in [7, 11) is 0. The van der Waals surface area contributed by atoms with E-state index in [-0.39, 0.29) is 6.04 Å². The van der Waals surface area contributed by atoms with Gasteiger partial charge in [0.15, 0.2) is 0 Å². The highest BCUT2D eigenvalue weighted by molar-refractivity contribution is 7.10. The first-order valence-corrected chi connectivity index (χ1v) is 7.37. The van der Waals surface area contributed by atoms with Crippen LogP contribution in [0.15, 0.2) is 29.8 Å². The molecule has 2 nitrogen and oxygen atoms in total. The van der Waals surface area contributed by atoms with Gasteiger partial charge in [0.1, 0.15) is 0 Å². The molecule has 0 aliphatic heterocycles. The highest BCUT2D eigenvalue weighted by atomic mass is 32.1. The Morgan fingerprint density at radius 1 is 1.33 bits per heavy atom. The molecule has 3 heteroatoms. The van der Waals surface area contributed by atoms with Gasteiger partial charge in [0, 0.05) is 11.1 Å². The van der Waals surface area contributed by atoms with Crippen LogP contribution in [0.4, 0.5) is 0 Å². The lowest BCUT2D eigenvalue weighted by Crippen LogP contribution is -2.24. The Morgan fingerprint density at radius 2 is 2.17 bits per heavy atom. The van der Waals surface area contributed by atoms with Gasteiger partial charge >= 0.3 is 0 Å². The third kappa shape index (κ3) is 2.62. The SMILES string of the molecule is CCNC(c1ncccc1CC)c1sccc1C. The molecule has 0 aliphatic rings. The molecule has 0 spiro atoms. The molecule has 2 aromatic heterocycles. The number of hydrogen-bond acceptors (Lipinski definition) is 3. The third-order valence-corrected chi connectivity index (χ3v) is 4.24. The summed E-state index contributed by atoms with van der Waals surface area (Å²) in [4.78, 5) is 5.99. The van der Waals surface area contributed by atoms with Crippen molar-refractivity contribution in [3.05, 3.63) is 51.5 Å². The molecule has 2 aromatic rings. The van der Waals surface area contributed by atoms with E-state index in [9.17, 15) is 0 Å². The first-order chi connectivity index (χ1) is 8.77. The van der Waals surface area contributed by atoms with Crippen molar-refractivity contribution in [1.29, 1.82) is 0 Å². The Hall–Kier alpha value is -1.19. The maximum absolute atomic E-state index is 4.61. The van der Waals surface area contributed by atoms with Crippen molar-refractivity contribution < 1.29 is 0 Å². The van der Waals surface area contributed by atoms with E-state index in [0.717, 1.165) is 13.0 Å². The van der Waals surface area contributed by atoms with Gasteiger partial charge in [-0.3, -0.25) is 4.98 Å². The average Bonchev–Trinajstić information content (AvgIpc) is 2.82. The summed E-state index contributed by atoms with van der Waals surface area (Å²) in [6.45, 7) is 7.45. The molecule has 96 valence electrons. The Balaban J connectivity index is 2.45. The zero-order chi connectivity index (χ0) is 13.0. The van der Waals surface area contributed by atoms with Crippen LogP contribution in [0.1, 0.15) is 41.6 Å². The second-order valence-corrected chi connectivity index (χ2v) is 5.31. The lowest BCUT2D eigenvalue weighted by Gasteiger charge is -2.19. The maximum atomic E-state index is 4.61. The average molecular weight is 260 g/mol. The zero-order valence-corrected chi connectivity index (χ0v) is 12.1. The topological polar surface area (TPSA) is 24.9 Å². The minimum absolute atomic E-state index is 0.228. The van der Waals surface area contributed by atoms with Gasteiger partial charge in [-0.05, 0) is 48.5 Å². The summed E-state index contributed by atoms with van der Waals surface area (Å²) in [6.07, 6.45) is 2.91. The number of pyridine rings is 1. The maximum Gasteiger partial charge on any atom is 0.0850 e. The van der Waals surface area contributed by atoms with Crippen molar-refractivity contribution in [1.82, 2.24) is 10.3 Å². The normalized spacial score (nSPS) is 12.6. The molecule has 0 fully saturated rings. The van der Waals surface area contributed by atoms with E-state index in [0.29, 0.717) is 0 Å². The summed E-state index contributed by atoms with van der Waals surface area (Å²) in [6, 6.07) is 6.60. The summed E-state index contributed by atoms with van der Waals surface area (Å²) < 4.78 is 0. The molecule has 0 bridgehead atoms. The molecule has 0 saturated heterocycles. The van der Waals surface area contributed by atoms with Crippen LogP contribution in [-0.4, -0.2) is 11.5 Å². The van der Waals surface area contributed by atoms with Crippen molar-refractivity contribution in [3.8, 4) is 0 Å². The lowest BCUT2D eigenvalue weighted by atomic mass is 10.0. The number of nitrogens with zero attached hydrogens (tertiary/aromatic N) is 1. The number of rotatable bonds is 5. The number of aromatic nitrogens is 1.